The van der Waals surface area contributed by atoms with Crippen LogP contribution in [0.15, 0.2) is 10.1 Å². The topological polar surface area (TPSA) is 28.0 Å². The van der Waals surface area contributed by atoms with E-state index in [0.717, 1.165) is 25.1 Å². The summed E-state index contributed by atoms with van der Waals surface area (Å²) in [6.45, 7) is 4.27. The molecule has 1 unspecified atom stereocenters. The van der Waals surface area contributed by atoms with Crippen molar-refractivity contribution in [3.63, 3.8) is 0 Å². The standard InChI is InChI=1S/C9H17N3/c1-4-6-10-9-7-8(5-2)12(3)11-9/h6,8H,4-5,7H2,1-3H3/b10-6-. The molecular weight excluding hydrogens is 150 g/mol. The number of rotatable bonds is 2. The van der Waals surface area contributed by atoms with Gasteiger partial charge in [-0.25, -0.2) is 4.99 Å². The summed E-state index contributed by atoms with van der Waals surface area (Å²) in [5.41, 5.74) is 0. The highest BCUT2D eigenvalue weighted by atomic mass is 15.5. The fourth-order valence-corrected chi connectivity index (χ4v) is 1.33. The highest BCUT2D eigenvalue weighted by molar-refractivity contribution is 5.90. The second-order valence-corrected chi connectivity index (χ2v) is 3.08. The molecule has 1 heterocycles. The van der Waals surface area contributed by atoms with E-state index in [9.17, 15) is 0 Å². The van der Waals surface area contributed by atoms with Crippen molar-refractivity contribution >= 4 is 12.1 Å². The highest BCUT2D eigenvalue weighted by Crippen LogP contribution is 2.15. The number of amidine groups is 1. The molecule has 0 radical (unpaired) electrons. The van der Waals surface area contributed by atoms with Gasteiger partial charge >= 0.3 is 0 Å². The molecule has 12 heavy (non-hydrogen) atoms. The molecule has 0 aromatic rings. The van der Waals surface area contributed by atoms with Gasteiger partial charge in [-0.3, -0.25) is 5.01 Å². The second kappa shape index (κ2) is 4.24. The molecule has 1 rings (SSSR count). The maximum absolute atomic E-state index is 4.33. The van der Waals surface area contributed by atoms with Crippen LogP contribution in [0.1, 0.15) is 33.1 Å². The van der Waals surface area contributed by atoms with Crippen LogP contribution in [0, 0.1) is 0 Å². The predicted molar refractivity (Wildman–Crippen MR) is 52.7 cm³/mol. The molecule has 0 spiro atoms. The number of hydrazone groups is 1. The van der Waals surface area contributed by atoms with Crippen LogP contribution in [0.2, 0.25) is 0 Å². The summed E-state index contributed by atoms with van der Waals surface area (Å²) in [5.74, 6) is 0.978. The molecule has 1 aliphatic rings. The summed E-state index contributed by atoms with van der Waals surface area (Å²) in [4.78, 5) is 4.27. The largest absolute Gasteiger partial charge is 0.295 e. The van der Waals surface area contributed by atoms with Gasteiger partial charge in [0, 0.05) is 19.7 Å². The first kappa shape index (κ1) is 9.23. The Balaban J connectivity index is 2.49. The van der Waals surface area contributed by atoms with Crippen molar-refractivity contribution < 1.29 is 0 Å². The molecule has 0 aromatic heterocycles. The van der Waals surface area contributed by atoms with Crippen LogP contribution in [-0.2, 0) is 0 Å². The first-order valence-electron chi connectivity index (χ1n) is 4.60. The van der Waals surface area contributed by atoms with Crippen molar-refractivity contribution in [2.75, 3.05) is 7.05 Å². The summed E-state index contributed by atoms with van der Waals surface area (Å²) in [5, 5.41) is 6.35. The summed E-state index contributed by atoms with van der Waals surface area (Å²) < 4.78 is 0. The maximum Gasteiger partial charge on any atom is 0.150 e. The average Bonchev–Trinajstić information content (AvgIpc) is 2.43. The number of hydrogen-bond donors (Lipinski definition) is 0. The van der Waals surface area contributed by atoms with E-state index in [1.807, 2.05) is 18.3 Å². The van der Waals surface area contributed by atoms with Crippen LogP contribution in [0.3, 0.4) is 0 Å². The molecule has 1 aliphatic heterocycles. The minimum absolute atomic E-state index is 0.564. The molecule has 68 valence electrons. The third-order valence-corrected chi connectivity index (χ3v) is 2.11. The summed E-state index contributed by atoms with van der Waals surface area (Å²) in [6.07, 6.45) is 5.05. The quantitative estimate of drug-likeness (QED) is 0.577. The third-order valence-electron chi connectivity index (χ3n) is 2.11. The van der Waals surface area contributed by atoms with Crippen LogP contribution in [0.4, 0.5) is 0 Å². The van der Waals surface area contributed by atoms with Gasteiger partial charge in [-0.1, -0.05) is 13.8 Å². The normalized spacial score (nSPS) is 23.8. The monoisotopic (exact) mass is 167 g/mol. The Hall–Kier alpha value is -0.860. The van der Waals surface area contributed by atoms with Crippen molar-refractivity contribution in [3.05, 3.63) is 0 Å². The Kier molecular flexibility index (Phi) is 3.26. The molecule has 0 bridgehead atoms. The van der Waals surface area contributed by atoms with E-state index in [1.165, 1.54) is 0 Å². The van der Waals surface area contributed by atoms with Crippen LogP contribution in [-0.4, -0.2) is 30.1 Å². The van der Waals surface area contributed by atoms with Gasteiger partial charge < -0.3 is 0 Å². The fraction of sp³-hybridized carbons (Fsp3) is 0.778. The predicted octanol–water partition coefficient (Wildman–Crippen LogP) is 1.89. The van der Waals surface area contributed by atoms with Gasteiger partial charge in [0.15, 0.2) is 0 Å². The zero-order valence-electron chi connectivity index (χ0n) is 8.12. The van der Waals surface area contributed by atoms with Gasteiger partial charge in [0.1, 0.15) is 5.84 Å². The molecule has 0 fully saturated rings. The van der Waals surface area contributed by atoms with Crippen LogP contribution in [0.5, 0.6) is 0 Å². The van der Waals surface area contributed by atoms with Gasteiger partial charge in [-0.2, -0.15) is 5.10 Å². The van der Waals surface area contributed by atoms with Gasteiger partial charge in [-0.15, -0.1) is 0 Å². The van der Waals surface area contributed by atoms with Crippen LogP contribution < -0.4 is 0 Å². The molecule has 3 nitrogen and oxygen atoms in total. The third kappa shape index (κ3) is 2.06. The summed E-state index contributed by atoms with van der Waals surface area (Å²) >= 11 is 0. The zero-order valence-corrected chi connectivity index (χ0v) is 8.12. The molecule has 0 saturated heterocycles. The van der Waals surface area contributed by atoms with Crippen LogP contribution in [0.25, 0.3) is 0 Å². The Morgan fingerprint density at radius 1 is 1.67 bits per heavy atom. The molecule has 0 saturated carbocycles. The Labute approximate surface area is 74.2 Å². The smallest absolute Gasteiger partial charge is 0.150 e. The minimum Gasteiger partial charge on any atom is -0.295 e. The SMILES string of the molecule is CC/C=N\C1=NN(C)C(CC)C1. The summed E-state index contributed by atoms with van der Waals surface area (Å²) in [7, 11) is 2.02. The fourth-order valence-electron chi connectivity index (χ4n) is 1.33. The Bertz CT molecular complexity index is 196. The lowest BCUT2D eigenvalue weighted by Crippen LogP contribution is -2.20. The molecule has 0 aliphatic carbocycles. The van der Waals surface area contributed by atoms with E-state index in [0.29, 0.717) is 6.04 Å². The lowest BCUT2D eigenvalue weighted by Gasteiger charge is -2.15. The number of aliphatic imine (C=N–C) groups is 1. The molecule has 0 amide bonds. The lowest BCUT2D eigenvalue weighted by atomic mass is 10.1. The molecule has 1 atom stereocenters. The van der Waals surface area contributed by atoms with Crippen molar-refractivity contribution in [2.45, 2.75) is 39.2 Å². The highest BCUT2D eigenvalue weighted by Gasteiger charge is 2.20. The van der Waals surface area contributed by atoms with E-state index >= 15 is 0 Å². The van der Waals surface area contributed by atoms with Crippen molar-refractivity contribution in [3.8, 4) is 0 Å². The van der Waals surface area contributed by atoms with Gasteiger partial charge in [-0.05, 0) is 12.8 Å². The first-order valence-corrected chi connectivity index (χ1v) is 4.60. The van der Waals surface area contributed by atoms with Gasteiger partial charge in [0.25, 0.3) is 0 Å². The van der Waals surface area contributed by atoms with E-state index < -0.39 is 0 Å². The van der Waals surface area contributed by atoms with E-state index in [1.54, 1.807) is 0 Å². The Morgan fingerprint density at radius 2 is 2.42 bits per heavy atom. The van der Waals surface area contributed by atoms with E-state index in [2.05, 4.69) is 23.9 Å². The number of hydrogen-bond acceptors (Lipinski definition) is 3. The van der Waals surface area contributed by atoms with Crippen molar-refractivity contribution in [2.24, 2.45) is 10.1 Å². The maximum atomic E-state index is 4.33. The second-order valence-electron chi connectivity index (χ2n) is 3.08. The van der Waals surface area contributed by atoms with Gasteiger partial charge in [0.2, 0.25) is 0 Å². The zero-order chi connectivity index (χ0) is 8.97. The van der Waals surface area contributed by atoms with E-state index in [4.69, 9.17) is 0 Å². The minimum atomic E-state index is 0.564. The first-order chi connectivity index (χ1) is 5.77. The molecule has 3 heteroatoms. The lowest BCUT2D eigenvalue weighted by molar-refractivity contribution is 0.278. The Morgan fingerprint density at radius 3 is 2.92 bits per heavy atom. The molecule has 0 aromatic carbocycles. The van der Waals surface area contributed by atoms with Crippen molar-refractivity contribution in [1.82, 2.24) is 5.01 Å². The molecular formula is C9H17N3. The molecule has 0 N–H and O–H groups in total. The van der Waals surface area contributed by atoms with Crippen LogP contribution >= 0.6 is 0 Å². The average molecular weight is 167 g/mol. The van der Waals surface area contributed by atoms with Gasteiger partial charge in [0.05, 0.1) is 6.04 Å². The van der Waals surface area contributed by atoms with Crippen molar-refractivity contribution in [1.29, 1.82) is 0 Å². The summed E-state index contributed by atoms with van der Waals surface area (Å²) in [6, 6.07) is 0.564. The number of nitrogens with zero attached hydrogens (tertiary/aromatic N) is 3. The van der Waals surface area contributed by atoms with E-state index in [-0.39, 0.29) is 0 Å².